The number of rotatable bonds is 9. The Hall–Kier alpha value is -2.00. The maximum absolute atomic E-state index is 14.0. The van der Waals surface area contributed by atoms with Gasteiger partial charge in [0.1, 0.15) is 17.6 Å². The lowest BCUT2D eigenvalue weighted by Gasteiger charge is -2.28. The number of anilines is 1. The van der Waals surface area contributed by atoms with Crippen LogP contribution in [0.25, 0.3) is 0 Å². The molecule has 1 N–H and O–H groups in total. The molecule has 9 heteroatoms. The molecule has 2 aromatic rings. The van der Waals surface area contributed by atoms with Gasteiger partial charge in [-0.25, -0.2) is 12.8 Å². The summed E-state index contributed by atoms with van der Waals surface area (Å²) in [4.78, 5) is 12.3. The molecule has 26 heavy (non-hydrogen) atoms. The summed E-state index contributed by atoms with van der Waals surface area (Å²) in [7, 11) is -3.83. The van der Waals surface area contributed by atoms with Gasteiger partial charge in [-0.05, 0) is 31.2 Å². The predicted molar refractivity (Wildman–Crippen MR) is 101 cm³/mol. The molecule has 0 fully saturated rings. The Morgan fingerprint density at radius 1 is 1.31 bits per heavy atom. The first-order valence-electron chi connectivity index (χ1n) is 7.92. The van der Waals surface area contributed by atoms with Crippen molar-refractivity contribution in [2.45, 2.75) is 18.7 Å². The lowest BCUT2D eigenvalue weighted by Crippen LogP contribution is -2.48. The van der Waals surface area contributed by atoms with Crippen molar-refractivity contribution in [3.8, 4) is 0 Å². The van der Waals surface area contributed by atoms with Crippen molar-refractivity contribution in [3.05, 3.63) is 54.2 Å². The highest BCUT2D eigenvalue weighted by atomic mass is 32.2. The first kappa shape index (κ1) is 20.3. The van der Waals surface area contributed by atoms with Crippen LogP contribution in [0.5, 0.6) is 0 Å². The van der Waals surface area contributed by atoms with Gasteiger partial charge in [0.05, 0.1) is 24.0 Å². The highest BCUT2D eigenvalue weighted by Crippen LogP contribution is 2.24. The molecule has 1 atom stereocenters. The zero-order valence-corrected chi connectivity index (χ0v) is 16.1. The topological polar surface area (TPSA) is 79.6 Å². The van der Waals surface area contributed by atoms with Crippen molar-refractivity contribution in [3.63, 3.8) is 0 Å². The second-order valence-corrected chi connectivity index (χ2v) is 8.57. The van der Waals surface area contributed by atoms with E-state index in [1.165, 1.54) is 25.1 Å². The molecule has 0 bridgehead atoms. The maximum atomic E-state index is 14.0. The number of halogens is 1. The molecule has 0 spiro atoms. The number of carbonyl (C=O) groups excluding carboxylic acids is 1. The van der Waals surface area contributed by atoms with Crippen LogP contribution in [0.4, 0.5) is 10.1 Å². The number of para-hydroxylation sites is 1. The highest BCUT2D eigenvalue weighted by molar-refractivity contribution is 7.98. The fraction of sp³-hybridized carbons (Fsp3) is 0.353. The molecule has 0 aliphatic carbocycles. The van der Waals surface area contributed by atoms with Crippen molar-refractivity contribution >= 4 is 33.4 Å². The maximum Gasteiger partial charge on any atom is 0.243 e. The van der Waals surface area contributed by atoms with Gasteiger partial charge in [-0.2, -0.15) is 11.8 Å². The molecule has 0 saturated carbocycles. The number of nitrogens with zero attached hydrogens (tertiary/aromatic N) is 1. The fourth-order valence-corrected chi connectivity index (χ4v) is 4.30. The first-order chi connectivity index (χ1) is 12.3. The molecule has 6 nitrogen and oxygen atoms in total. The van der Waals surface area contributed by atoms with E-state index in [2.05, 4.69) is 5.32 Å². The number of hydrogen-bond donors (Lipinski definition) is 1. The summed E-state index contributed by atoms with van der Waals surface area (Å²) in [5.74, 6) is 0.974. The number of nitrogens with one attached hydrogen (secondary N) is 1. The highest BCUT2D eigenvalue weighted by Gasteiger charge is 2.30. The molecule has 0 aliphatic heterocycles. The number of benzene rings is 1. The zero-order chi connectivity index (χ0) is 19.2. The summed E-state index contributed by atoms with van der Waals surface area (Å²) >= 11 is 1.58. The SMILES string of the molecule is C[C@H](C(=O)NCCSCc1ccco1)N(c1ccccc1F)S(C)(=O)=O. The van der Waals surface area contributed by atoms with Crippen molar-refractivity contribution in [2.75, 3.05) is 22.9 Å². The van der Waals surface area contributed by atoms with Gasteiger partial charge in [-0.1, -0.05) is 12.1 Å². The summed E-state index contributed by atoms with van der Waals surface area (Å²) < 4.78 is 44.2. The minimum Gasteiger partial charge on any atom is -0.468 e. The van der Waals surface area contributed by atoms with Gasteiger partial charge in [0.15, 0.2) is 0 Å². The Bertz CT molecular complexity index is 825. The van der Waals surface area contributed by atoms with Crippen molar-refractivity contribution in [2.24, 2.45) is 0 Å². The van der Waals surface area contributed by atoms with Crippen LogP contribution in [0.3, 0.4) is 0 Å². The van der Waals surface area contributed by atoms with Crippen molar-refractivity contribution < 1.29 is 22.0 Å². The molecule has 0 unspecified atom stereocenters. The third kappa shape index (κ3) is 5.50. The van der Waals surface area contributed by atoms with E-state index in [0.717, 1.165) is 22.4 Å². The van der Waals surface area contributed by atoms with Gasteiger partial charge in [-0.3, -0.25) is 9.10 Å². The van der Waals surface area contributed by atoms with Crippen LogP contribution in [0.2, 0.25) is 0 Å². The second-order valence-electron chi connectivity index (χ2n) is 5.61. The second kappa shape index (κ2) is 9.09. The molecular weight excluding hydrogens is 379 g/mol. The van der Waals surface area contributed by atoms with Crippen molar-refractivity contribution in [1.29, 1.82) is 0 Å². The summed E-state index contributed by atoms with van der Waals surface area (Å²) in [6, 6.07) is 8.07. The van der Waals surface area contributed by atoms with Gasteiger partial charge < -0.3 is 9.73 Å². The zero-order valence-electron chi connectivity index (χ0n) is 14.5. The average molecular weight is 400 g/mol. The van der Waals surface area contributed by atoms with E-state index in [9.17, 15) is 17.6 Å². The molecule has 1 heterocycles. The Kier molecular flexibility index (Phi) is 7.10. The van der Waals surface area contributed by atoms with Gasteiger partial charge in [0.2, 0.25) is 15.9 Å². The van der Waals surface area contributed by atoms with Crippen LogP contribution in [0.15, 0.2) is 47.1 Å². The van der Waals surface area contributed by atoms with Crippen LogP contribution < -0.4 is 9.62 Å². The van der Waals surface area contributed by atoms with Crippen LogP contribution >= 0.6 is 11.8 Å². The molecule has 1 aromatic heterocycles. The van der Waals surface area contributed by atoms with E-state index in [0.29, 0.717) is 18.1 Å². The largest absolute Gasteiger partial charge is 0.468 e. The van der Waals surface area contributed by atoms with E-state index in [1.54, 1.807) is 18.0 Å². The van der Waals surface area contributed by atoms with Gasteiger partial charge in [0.25, 0.3) is 0 Å². The quantitative estimate of drug-likeness (QED) is 0.655. The number of hydrogen-bond acceptors (Lipinski definition) is 5. The average Bonchev–Trinajstić information content (AvgIpc) is 3.08. The first-order valence-corrected chi connectivity index (χ1v) is 10.9. The minimum atomic E-state index is -3.83. The molecule has 0 radical (unpaired) electrons. The lowest BCUT2D eigenvalue weighted by atomic mass is 10.2. The molecular formula is C17H21FN2O4S2. The summed E-state index contributed by atoms with van der Waals surface area (Å²) in [6.07, 6.45) is 2.55. The summed E-state index contributed by atoms with van der Waals surface area (Å²) in [5.41, 5.74) is -0.148. The van der Waals surface area contributed by atoms with Crippen LogP contribution in [0.1, 0.15) is 12.7 Å². The molecule has 1 aromatic carbocycles. The Labute approximate surface area is 156 Å². The van der Waals surface area contributed by atoms with E-state index in [-0.39, 0.29) is 5.69 Å². The monoisotopic (exact) mass is 400 g/mol. The molecule has 142 valence electrons. The van der Waals surface area contributed by atoms with E-state index in [1.807, 2.05) is 12.1 Å². The third-order valence-electron chi connectivity index (χ3n) is 3.55. The van der Waals surface area contributed by atoms with Crippen LogP contribution in [-0.2, 0) is 20.6 Å². The fourth-order valence-electron chi connectivity index (χ4n) is 2.37. The minimum absolute atomic E-state index is 0.148. The number of furan rings is 1. The Morgan fingerprint density at radius 3 is 2.65 bits per heavy atom. The normalized spacial score (nSPS) is 12.6. The number of carbonyl (C=O) groups is 1. The Morgan fingerprint density at radius 2 is 2.04 bits per heavy atom. The summed E-state index contributed by atoms with van der Waals surface area (Å²) in [6.45, 7) is 1.79. The van der Waals surface area contributed by atoms with Gasteiger partial charge >= 0.3 is 0 Å². The number of thioether (sulfide) groups is 1. The van der Waals surface area contributed by atoms with Gasteiger partial charge in [-0.15, -0.1) is 0 Å². The third-order valence-corrected chi connectivity index (χ3v) is 5.76. The number of sulfonamides is 1. The van der Waals surface area contributed by atoms with E-state index >= 15 is 0 Å². The molecule has 0 aliphatic rings. The molecule has 2 rings (SSSR count). The van der Waals surface area contributed by atoms with Crippen LogP contribution in [0, 0.1) is 5.82 Å². The van der Waals surface area contributed by atoms with Gasteiger partial charge in [0, 0.05) is 12.3 Å². The standard InChI is InChI=1S/C17H21FN2O4S2/c1-13(17(21)19-9-11-25-12-14-6-5-10-24-14)20(26(2,22)23)16-8-4-3-7-15(16)18/h3-8,10,13H,9,11-12H2,1-2H3,(H,19,21)/t13-/m1/s1. The summed E-state index contributed by atoms with van der Waals surface area (Å²) in [5, 5.41) is 2.69. The molecule has 0 saturated heterocycles. The van der Waals surface area contributed by atoms with Crippen molar-refractivity contribution in [1.82, 2.24) is 5.32 Å². The smallest absolute Gasteiger partial charge is 0.243 e. The molecule has 1 amide bonds. The Balaban J connectivity index is 1.94. The number of amides is 1. The van der Waals surface area contributed by atoms with Crippen LogP contribution in [-0.4, -0.2) is 38.9 Å². The lowest BCUT2D eigenvalue weighted by molar-refractivity contribution is -0.121. The predicted octanol–water partition coefficient (Wildman–Crippen LogP) is 2.62. The van der Waals surface area contributed by atoms with E-state index in [4.69, 9.17) is 4.42 Å². The van der Waals surface area contributed by atoms with E-state index < -0.39 is 27.8 Å².